The van der Waals surface area contributed by atoms with Crippen LogP contribution in [-0.2, 0) is 23.9 Å². The number of carbonyl (C=O) groups is 3. The highest BCUT2D eigenvalue weighted by Gasteiger charge is 2.26. The highest BCUT2D eigenvalue weighted by atomic mass is 16.5. The quantitative estimate of drug-likeness (QED) is 0.398. The van der Waals surface area contributed by atoms with Crippen LogP contribution in [0, 0.1) is 0 Å². The summed E-state index contributed by atoms with van der Waals surface area (Å²) in [6.07, 6.45) is 1.10. The fraction of sp³-hybridized carbons (Fsp3) is 0.750. The van der Waals surface area contributed by atoms with Crippen LogP contribution in [-0.4, -0.2) is 55.5 Å². The Balaban J connectivity index is 2.43. The van der Waals surface area contributed by atoms with Crippen molar-refractivity contribution < 1.29 is 23.9 Å². The van der Waals surface area contributed by atoms with Crippen molar-refractivity contribution >= 4 is 17.7 Å². The van der Waals surface area contributed by atoms with Crippen LogP contribution in [0.25, 0.3) is 0 Å². The summed E-state index contributed by atoms with van der Waals surface area (Å²) in [5, 5.41) is 0. The zero-order chi connectivity index (χ0) is 13.5. The molecule has 0 aromatic carbocycles. The molecule has 1 rings (SSSR count). The van der Waals surface area contributed by atoms with Gasteiger partial charge in [-0.05, 0) is 19.8 Å². The van der Waals surface area contributed by atoms with Gasteiger partial charge in [0.15, 0.2) is 0 Å². The van der Waals surface area contributed by atoms with Crippen molar-refractivity contribution in [3.8, 4) is 0 Å². The van der Waals surface area contributed by atoms with Crippen molar-refractivity contribution in [1.82, 2.24) is 4.90 Å². The maximum atomic E-state index is 11.8. The van der Waals surface area contributed by atoms with Crippen LogP contribution in [0.1, 0.15) is 26.2 Å². The molecule has 1 saturated heterocycles. The summed E-state index contributed by atoms with van der Waals surface area (Å²) < 4.78 is 9.75. The van der Waals surface area contributed by atoms with E-state index in [0.29, 0.717) is 13.2 Å². The van der Waals surface area contributed by atoms with Gasteiger partial charge in [0.1, 0.15) is 0 Å². The summed E-state index contributed by atoms with van der Waals surface area (Å²) in [5.74, 6) is -2.08. The van der Waals surface area contributed by atoms with E-state index in [-0.39, 0.29) is 18.6 Å². The highest BCUT2D eigenvalue weighted by molar-refractivity contribution is 6.36. The fourth-order valence-corrected chi connectivity index (χ4v) is 1.82. The van der Waals surface area contributed by atoms with Crippen molar-refractivity contribution in [3.63, 3.8) is 0 Å². The van der Waals surface area contributed by atoms with Crippen molar-refractivity contribution in [3.05, 3.63) is 0 Å². The molecule has 0 aliphatic carbocycles. The molecule has 102 valence electrons. The first-order chi connectivity index (χ1) is 8.56. The third-order valence-electron chi connectivity index (χ3n) is 2.95. The standard InChI is InChI=1S/C12H19NO5/c1-3-18-12(16)10(14)8-11(15)13(2)9-4-6-17-7-5-9/h9H,3-8H2,1-2H3. The molecule has 0 bridgehead atoms. The lowest BCUT2D eigenvalue weighted by Gasteiger charge is -2.31. The molecule has 18 heavy (non-hydrogen) atoms. The van der Waals surface area contributed by atoms with Gasteiger partial charge < -0.3 is 14.4 Å². The second-order valence-electron chi connectivity index (χ2n) is 4.17. The Hall–Kier alpha value is -1.43. The third kappa shape index (κ3) is 4.10. The number of esters is 1. The molecule has 6 nitrogen and oxygen atoms in total. The van der Waals surface area contributed by atoms with E-state index in [4.69, 9.17) is 4.74 Å². The number of hydrogen-bond donors (Lipinski definition) is 0. The molecule has 0 aromatic rings. The Labute approximate surface area is 106 Å². The van der Waals surface area contributed by atoms with Crippen molar-refractivity contribution in [2.75, 3.05) is 26.9 Å². The molecule has 1 aliphatic rings. The first-order valence-corrected chi connectivity index (χ1v) is 6.09. The van der Waals surface area contributed by atoms with Gasteiger partial charge in [-0.1, -0.05) is 0 Å². The van der Waals surface area contributed by atoms with Gasteiger partial charge >= 0.3 is 5.97 Å². The van der Waals surface area contributed by atoms with E-state index in [0.717, 1.165) is 12.8 Å². The molecule has 1 heterocycles. The maximum Gasteiger partial charge on any atom is 0.375 e. The van der Waals surface area contributed by atoms with E-state index in [9.17, 15) is 14.4 Å². The van der Waals surface area contributed by atoms with Gasteiger partial charge in [-0.3, -0.25) is 9.59 Å². The molecule has 0 unspecified atom stereocenters. The van der Waals surface area contributed by atoms with E-state index in [1.807, 2.05) is 0 Å². The predicted molar refractivity (Wildman–Crippen MR) is 62.9 cm³/mol. The normalized spacial score (nSPS) is 16.1. The van der Waals surface area contributed by atoms with Gasteiger partial charge in [-0.2, -0.15) is 0 Å². The lowest BCUT2D eigenvalue weighted by molar-refractivity contribution is -0.155. The third-order valence-corrected chi connectivity index (χ3v) is 2.95. The molecule has 0 N–H and O–H groups in total. The number of ether oxygens (including phenoxy) is 2. The number of ketones is 1. The molecule has 0 aromatic heterocycles. The summed E-state index contributed by atoms with van der Waals surface area (Å²) in [7, 11) is 1.65. The average molecular weight is 257 g/mol. The highest BCUT2D eigenvalue weighted by Crippen LogP contribution is 2.13. The van der Waals surface area contributed by atoms with E-state index in [2.05, 4.69) is 4.74 Å². The van der Waals surface area contributed by atoms with Crippen LogP contribution in [0.5, 0.6) is 0 Å². The van der Waals surface area contributed by atoms with E-state index in [1.165, 1.54) is 4.90 Å². The predicted octanol–water partition coefficient (Wildman–Crippen LogP) is 0.146. The summed E-state index contributed by atoms with van der Waals surface area (Å²) in [6.45, 7) is 2.98. The summed E-state index contributed by atoms with van der Waals surface area (Å²) >= 11 is 0. The molecule has 0 spiro atoms. The Morgan fingerprint density at radius 2 is 1.89 bits per heavy atom. The average Bonchev–Trinajstić information content (AvgIpc) is 2.39. The van der Waals surface area contributed by atoms with Gasteiger partial charge in [0.25, 0.3) is 0 Å². The van der Waals surface area contributed by atoms with Crippen molar-refractivity contribution in [2.45, 2.75) is 32.2 Å². The van der Waals surface area contributed by atoms with Crippen LogP contribution >= 0.6 is 0 Å². The van der Waals surface area contributed by atoms with Crippen LogP contribution in [0.2, 0.25) is 0 Å². The minimum Gasteiger partial charge on any atom is -0.460 e. The number of rotatable bonds is 5. The molecule has 1 amide bonds. The number of nitrogens with zero attached hydrogens (tertiary/aromatic N) is 1. The van der Waals surface area contributed by atoms with Crippen molar-refractivity contribution in [1.29, 1.82) is 0 Å². The second kappa shape index (κ2) is 7.10. The molecule has 0 radical (unpaired) electrons. The Bertz CT molecular complexity index is 322. The Morgan fingerprint density at radius 1 is 1.28 bits per heavy atom. The largest absolute Gasteiger partial charge is 0.460 e. The van der Waals surface area contributed by atoms with E-state index < -0.39 is 18.2 Å². The number of amides is 1. The minimum absolute atomic E-state index is 0.0845. The van der Waals surface area contributed by atoms with Crippen LogP contribution in [0.4, 0.5) is 0 Å². The zero-order valence-corrected chi connectivity index (χ0v) is 10.8. The van der Waals surface area contributed by atoms with Gasteiger partial charge in [0.2, 0.25) is 11.7 Å². The number of Topliss-reactive ketones (excluding diaryl/α,β-unsaturated/α-hetero) is 1. The molecule has 0 saturated carbocycles. The topological polar surface area (TPSA) is 72.9 Å². The van der Waals surface area contributed by atoms with Crippen LogP contribution in [0.15, 0.2) is 0 Å². The zero-order valence-electron chi connectivity index (χ0n) is 10.8. The van der Waals surface area contributed by atoms with E-state index in [1.54, 1.807) is 14.0 Å². The van der Waals surface area contributed by atoms with Gasteiger partial charge in [0.05, 0.1) is 13.0 Å². The summed E-state index contributed by atoms with van der Waals surface area (Å²) in [6, 6.07) is 0.0845. The first kappa shape index (κ1) is 14.6. The first-order valence-electron chi connectivity index (χ1n) is 6.09. The second-order valence-corrected chi connectivity index (χ2v) is 4.17. The monoisotopic (exact) mass is 257 g/mol. The van der Waals surface area contributed by atoms with Gasteiger partial charge in [0, 0.05) is 26.3 Å². The molecular formula is C12H19NO5. The van der Waals surface area contributed by atoms with Gasteiger partial charge in [-0.25, -0.2) is 4.79 Å². The lowest BCUT2D eigenvalue weighted by Crippen LogP contribution is -2.42. The maximum absolute atomic E-state index is 11.8. The smallest absolute Gasteiger partial charge is 0.375 e. The molecule has 0 atom stereocenters. The summed E-state index contributed by atoms with van der Waals surface area (Å²) in [4.78, 5) is 35.8. The summed E-state index contributed by atoms with van der Waals surface area (Å²) in [5.41, 5.74) is 0. The van der Waals surface area contributed by atoms with Crippen LogP contribution < -0.4 is 0 Å². The van der Waals surface area contributed by atoms with Gasteiger partial charge in [-0.15, -0.1) is 0 Å². The SMILES string of the molecule is CCOC(=O)C(=O)CC(=O)N(C)C1CCOCC1. The number of carbonyl (C=O) groups excluding carboxylic acids is 3. The fourth-order valence-electron chi connectivity index (χ4n) is 1.82. The number of hydrogen-bond acceptors (Lipinski definition) is 5. The lowest BCUT2D eigenvalue weighted by atomic mass is 10.1. The van der Waals surface area contributed by atoms with E-state index >= 15 is 0 Å². The van der Waals surface area contributed by atoms with Crippen molar-refractivity contribution in [2.24, 2.45) is 0 Å². The minimum atomic E-state index is -0.939. The van der Waals surface area contributed by atoms with Crippen LogP contribution in [0.3, 0.4) is 0 Å². The molecule has 6 heteroatoms. The molecule has 1 aliphatic heterocycles. The molecule has 1 fully saturated rings. The molecular weight excluding hydrogens is 238 g/mol. The Morgan fingerprint density at radius 3 is 2.44 bits per heavy atom. The Kier molecular flexibility index (Phi) is 5.77.